The highest BCUT2D eigenvalue weighted by Crippen LogP contribution is 2.37. The Hall–Kier alpha value is -2.81. The molecule has 0 radical (unpaired) electrons. The quantitative estimate of drug-likeness (QED) is 0.719. The van der Waals surface area contributed by atoms with Gasteiger partial charge in [-0.1, -0.05) is 61.5 Å². The number of anilines is 1. The third-order valence-electron chi connectivity index (χ3n) is 4.36. The van der Waals surface area contributed by atoms with Crippen molar-refractivity contribution in [1.82, 2.24) is 0 Å². The minimum Gasteiger partial charge on any atom is -0.463 e. The molecule has 3 nitrogen and oxygen atoms in total. The minimum absolute atomic E-state index is 0.0878. The van der Waals surface area contributed by atoms with Crippen molar-refractivity contribution in [2.75, 3.05) is 11.5 Å². The fourth-order valence-corrected chi connectivity index (χ4v) is 3.25. The van der Waals surface area contributed by atoms with Crippen LogP contribution in [0.4, 0.5) is 5.69 Å². The zero-order valence-corrected chi connectivity index (χ0v) is 14.7. The van der Waals surface area contributed by atoms with Gasteiger partial charge in [0.15, 0.2) is 0 Å². The summed E-state index contributed by atoms with van der Waals surface area (Å²) < 4.78 is 5.39. The van der Waals surface area contributed by atoms with E-state index in [-0.39, 0.29) is 11.9 Å². The van der Waals surface area contributed by atoms with Gasteiger partial charge in [-0.2, -0.15) is 0 Å². The van der Waals surface area contributed by atoms with E-state index in [1.165, 1.54) is 0 Å². The fourth-order valence-electron chi connectivity index (χ4n) is 3.25. The predicted molar refractivity (Wildman–Crippen MR) is 101 cm³/mol. The Morgan fingerprint density at radius 3 is 2.24 bits per heavy atom. The molecule has 128 valence electrons. The van der Waals surface area contributed by atoms with Gasteiger partial charge in [0.2, 0.25) is 0 Å². The van der Waals surface area contributed by atoms with Gasteiger partial charge in [0.25, 0.3) is 0 Å². The lowest BCUT2D eigenvalue weighted by atomic mass is 9.86. The summed E-state index contributed by atoms with van der Waals surface area (Å²) in [5.41, 5.74) is 3.85. The lowest BCUT2D eigenvalue weighted by molar-refractivity contribution is -0.138. The van der Waals surface area contributed by atoms with Gasteiger partial charge in [0.1, 0.15) is 0 Å². The molecule has 0 fully saturated rings. The van der Waals surface area contributed by atoms with Gasteiger partial charge in [-0.3, -0.25) is 0 Å². The summed E-state index contributed by atoms with van der Waals surface area (Å²) in [7, 11) is 0. The van der Waals surface area contributed by atoms with Gasteiger partial charge >= 0.3 is 5.97 Å². The largest absolute Gasteiger partial charge is 0.463 e. The van der Waals surface area contributed by atoms with Crippen molar-refractivity contribution in [3.63, 3.8) is 0 Å². The van der Waals surface area contributed by atoms with Crippen LogP contribution in [0.25, 0.3) is 0 Å². The van der Waals surface area contributed by atoms with E-state index in [0.717, 1.165) is 28.9 Å². The molecule has 0 N–H and O–H groups in total. The standard InChI is InChI=1S/C22H23NO2/c1-3-20-21(22(24)25-4-2)19(17-11-7-5-8-12-17)15-16-23(20)18-13-9-6-10-14-18/h5-16,19H,3-4H2,1-2H3. The van der Waals surface area contributed by atoms with E-state index < -0.39 is 0 Å². The number of hydrogen-bond acceptors (Lipinski definition) is 3. The summed E-state index contributed by atoms with van der Waals surface area (Å²) in [5, 5.41) is 0. The van der Waals surface area contributed by atoms with E-state index in [0.29, 0.717) is 6.61 Å². The molecule has 1 heterocycles. The highest BCUT2D eigenvalue weighted by Gasteiger charge is 2.30. The monoisotopic (exact) mass is 333 g/mol. The molecule has 1 aliphatic heterocycles. The molecule has 2 aromatic carbocycles. The van der Waals surface area contributed by atoms with Crippen molar-refractivity contribution in [2.45, 2.75) is 26.2 Å². The van der Waals surface area contributed by atoms with Crippen LogP contribution in [0.5, 0.6) is 0 Å². The van der Waals surface area contributed by atoms with Gasteiger partial charge in [0.05, 0.1) is 12.2 Å². The van der Waals surface area contributed by atoms with E-state index in [4.69, 9.17) is 4.74 Å². The highest BCUT2D eigenvalue weighted by atomic mass is 16.5. The Kier molecular flexibility index (Phi) is 5.34. The normalized spacial score (nSPS) is 16.9. The van der Waals surface area contributed by atoms with Crippen LogP contribution in [0.2, 0.25) is 0 Å². The van der Waals surface area contributed by atoms with Crippen LogP contribution < -0.4 is 4.90 Å². The van der Waals surface area contributed by atoms with Gasteiger partial charge in [-0.05, 0) is 31.0 Å². The Bertz CT molecular complexity index is 778. The topological polar surface area (TPSA) is 29.5 Å². The lowest BCUT2D eigenvalue weighted by Gasteiger charge is -2.32. The number of benzene rings is 2. The average Bonchev–Trinajstić information content (AvgIpc) is 2.68. The first kappa shape index (κ1) is 17.0. The van der Waals surface area contributed by atoms with Crippen LogP contribution in [0.3, 0.4) is 0 Å². The zero-order valence-electron chi connectivity index (χ0n) is 14.7. The molecule has 0 spiro atoms. The number of allylic oxidation sites excluding steroid dienone is 2. The van der Waals surface area contributed by atoms with Crippen molar-refractivity contribution >= 4 is 11.7 Å². The lowest BCUT2D eigenvalue weighted by Crippen LogP contribution is -2.27. The van der Waals surface area contributed by atoms with E-state index >= 15 is 0 Å². The molecule has 0 saturated carbocycles. The van der Waals surface area contributed by atoms with Crippen molar-refractivity contribution < 1.29 is 9.53 Å². The first-order chi connectivity index (χ1) is 12.3. The third-order valence-corrected chi connectivity index (χ3v) is 4.36. The van der Waals surface area contributed by atoms with Gasteiger partial charge in [-0.25, -0.2) is 4.79 Å². The summed E-state index contributed by atoms with van der Waals surface area (Å²) in [4.78, 5) is 14.9. The van der Waals surface area contributed by atoms with Crippen LogP contribution in [0.15, 0.2) is 84.2 Å². The van der Waals surface area contributed by atoms with Crippen molar-refractivity contribution in [2.24, 2.45) is 0 Å². The number of carbonyl (C=O) groups is 1. The molecule has 3 rings (SSSR count). The minimum atomic E-state index is -0.238. The second kappa shape index (κ2) is 7.84. The Morgan fingerprint density at radius 2 is 1.64 bits per heavy atom. The van der Waals surface area contributed by atoms with Crippen LogP contribution >= 0.6 is 0 Å². The molecular formula is C22H23NO2. The molecular weight excluding hydrogens is 310 g/mol. The van der Waals surface area contributed by atoms with Crippen molar-refractivity contribution in [1.29, 1.82) is 0 Å². The number of esters is 1. The van der Waals surface area contributed by atoms with Gasteiger partial charge in [0, 0.05) is 23.5 Å². The number of hydrogen-bond donors (Lipinski definition) is 0. The Morgan fingerprint density at radius 1 is 1.00 bits per heavy atom. The molecule has 1 aliphatic rings. The molecule has 0 saturated heterocycles. The summed E-state index contributed by atoms with van der Waals surface area (Å²) in [6.07, 6.45) is 4.89. The van der Waals surface area contributed by atoms with Gasteiger partial charge in [-0.15, -0.1) is 0 Å². The fraction of sp³-hybridized carbons (Fsp3) is 0.227. The summed E-state index contributed by atoms with van der Waals surface area (Å²) in [6.45, 7) is 4.29. The highest BCUT2D eigenvalue weighted by molar-refractivity contribution is 5.93. The first-order valence-electron chi connectivity index (χ1n) is 8.74. The molecule has 0 aliphatic carbocycles. The number of nitrogens with zero attached hydrogens (tertiary/aromatic N) is 1. The maximum atomic E-state index is 12.8. The van der Waals surface area contributed by atoms with E-state index in [1.54, 1.807) is 0 Å². The second-order valence-corrected chi connectivity index (χ2v) is 5.87. The SMILES string of the molecule is CCOC(=O)C1=C(CC)N(c2ccccc2)C=CC1c1ccccc1. The van der Waals surface area contributed by atoms with Crippen LogP contribution in [-0.4, -0.2) is 12.6 Å². The smallest absolute Gasteiger partial charge is 0.336 e. The molecule has 0 amide bonds. The Balaban J connectivity index is 2.11. The number of ether oxygens (including phenoxy) is 1. The van der Waals surface area contributed by atoms with Gasteiger partial charge < -0.3 is 9.64 Å². The van der Waals surface area contributed by atoms with Crippen LogP contribution in [0.1, 0.15) is 31.7 Å². The first-order valence-corrected chi connectivity index (χ1v) is 8.74. The maximum absolute atomic E-state index is 12.8. The van der Waals surface area contributed by atoms with E-state index in [1.807, 2.05) is 55.5 Å². The number of carbonyl (C=O) groups excluding carboxylic acids is 1. The zero-order chi connectivity index (χ0) is 17.6. The van der Waals surface area contributed by atoms with E-state index in [2.05, 4.69) is 36.2 Å². The summed E-state index contributed by atoms with van der Waals surface area (Å²) >= 11 is 0. The molecule has 25 heavy (non-hydrogen) atoms. The summed E-state index contributed by atoms with van der Waals surface area (Å²) in [6, 6.07) is 20.2. The average molecular weight is 333 g/mol. The molecule has 0 aromatic heterocycles. The predicted octanol–water partition coefficient (Wildman–Crippen LogP) is 5.03. The molecule has 3 heteroatoms. The maximum Gasteiger partial charge on any atom is 0.336 e. The number of para-hydroxylation sites is 1. The number of rotatable bonds is 5. The molecule has 0 bridgehead atoms. The third kappa shape index (κ3) is 3.50. The molecule has 1 atom stereocenters. The summed E-state index contributed by atoms with van der Waals surface area (Å²) in [5.74, 6) is -0.325. The molecule has 1 unspecified atom stereocenters. The second-order valence-electron chi connectivity index (χ2n) is 5.87. The van der Waals surface area contributed by atoms with Crippen LogP contribution in [-0.2, 0) is 9.53 Å². The van der Waals surface area contributed by atoms with E-state index in [9.17, 15) is 4.79 Å². The van der Waals surface area contributed by atoms with Crippen LogP contribution in [0, 0.1) is 0 Å². The molecule has 2 aromatic rings. The Labute approximate surface area is 149 Å². The van der Waals surface area contributed by atoms with Crippen molar-refractivity contribution in [3.05, 3.63) is 89.8 Å². The van der Waals surface area contributed by atoms with Crippen molar-refractivity contribution in [3.8, 4) is 0 Å².